The molecule has 5 nitrogen and oxygen atoms in total. The van der Waals surface area contributed by atoms with E-state index in [1.807, 2.05) is 6.07 Å². The number of hydrazine groups is 1. The number of nitrogens with one attached hydrogen (secondary N) is 1. The summed E-state index contributed by atoms with van der Waals surface area (Å²) in [5.41, 5.74) is 10.2. The van der Waals surface area contributed by atoms with Gasteiger partial charge in [0.1, 0.15) is 0 Å². The first-order valence-corrected chi connectivity index (χ1v) is 5.39. The van der Waals surface area contributed by atoms with Gasteiger partial charge in [-0.1, -0.05) is 12.1 Å². The van der Waals surface area contributed by atoms with Crippen molar-refractivity contribution in [3.05, 3.63) is 53.8 Å². The van der Waals surface area contributed by atoms with Gasteiger partial charge in [-0.05, 0) is 24.3 Å². The number of hydrogen-bond donors (Lipinski definition) is 2. The zero-order valence-corrected chi connectivity index (χ0v) is 9.63. The molecule has 2 rings (SSSR count). The molecule has 0 aliphatic carbocycles. The number of allylic oxidation sites excluding steroid dienone is 2. The predicted octanol–water partition coefficient (Wildman–Crippen LogP) is 1.13. The quantitative estimate of drug-likeness (QED) is 0.829. The minimum Gasteiger partial charge on any atom is -0.366 e. The van der Waals surface area contributed by atoms with Crippen molar-refractivity contribution in [3.8, 4) is 6.07 Å². The number of nitriles is 1. The summed E-state index contributed by atoms with van der Waals surface area (Å²) in [7, 11) is 0. The van der Waals surface area contributed by atoms with Crippen molar-refractivity contribution in [2.45, 2.75) is 0 Å². The van der Waals surface area contributed by atoms with Crippen LogP contribution in [0.25, 0.3) is 0 Å². The third-order valence-electron chi connectivity index (χ3n) is 2.48. The van der Waals surface area contributed by atoms with E-state index in [9.17, 15) is 4.79 Å². The summed E-state index contributed by atoms with van der Waals surface area (Å²) in [5.74, 6) is -0.433. The SMILES string of the molecule is N#Cc1cccc(NN2C=CC=C(C(N)=O)C2)c1. The van der Waals surface area contributed by atoms with Crippen LogP contribution in [0.2, 0.25) is 0 Å². The molecule has 1 amide bonds. The fourth-order valence-corrected chi connectivity index (χ4v) is 1.61. The second-order valence-electron chi connectivity index (χ2n) is 3.83. The molecule has 0 fully saturated rings. The maximum atomic E-state index is 11.1. The van der Waals surface area contributed by atoms with Crippen LogP contribution in [-0.4, -0.2) is 17.5 Å². The van der Waals surface area contributed by atoms with Gasteiger partial charge in [0.25, 0.3) is 0 Å². The lowest BCUT2D eigenvalue weighted by Gasteiger charge is -2.25. The highest BCUT2D eigenvalue weighted by Gasteiger charge is 2.11. The van der Waals surface area contributed by atoms with Gasteiger partial charge in [-0.3, -0.25) is 15.2 Å². The first-order chi connectivity index (χ1) is 8.69. The van der Waals surface area contributed by atoms with Crippen LogP contribution in [0.5, 0.6) is 0 Å². The van der Waals surface area contributed by atoms with Crippen LogP contribution in [0.3, 0.4) is 0 Å². The molecule has 0 spiro atoms. The van der Waals surface area contributed by atoms with Crippen molar-refractivity contribution >= 4 is 11.6 Å². The summed E-state index contributed by atoms with van der Waals surface area (Å²) in [6.45, 7) is 0.391. The standard InChI is InChI=1S/C13H12N4O/c14-8-10-3-1-5-12(7-10)16-17-6-2-4-11(9-17)13(15)18/h1-7,16H,9H2,(H2,15,18). The van der Waals surface area contributed by atoms with Gasteiger partial charge in [0, 0.05) is 11.8 Å². The summed E-state index contributed by atoms with van der Waals surface area (Å²) < 4.78 is 0. The van der Waals surface area contributed by atoms with Gasteiger partial charge in [0.15, 0.2) is 0 Å². The maximum Gasteiger partial charge on any atom is 0.246 e. The monoisotopic (exact) mass is 240 g/mol. The molecular formula is C13H12N4O. The number of nitrogens with zero attached hydrogens (tertiary/aromatic N) is 2. The van der Waals surface area contributed by atoms with Gasteiger partial charge in [-0.25, -0.2) is 0 Å². The van der Waals surface area contributed by atoms with E-state index in [4.69, 9.17) is 11.0 Å². The molecule has 0 aromatic heterocycles. The van der Waals surface area contributed by atoms with Crippen LogP contribution in [0.4, 0.5) is 5.69 Å². The number of nitrogens with two attached hydrogens (primary N) is 1. The topological polar surface area (TPSA) is 82.2 Å². The molecule has 1 aromatic rings. The second-order valence-corrected chi connectivity index (χ2v) is 3.83. The lowest BCUT2D eigenvalue weighted by molar-refractivity contribution is -0.114. The van der Waals surface area contributed by atoms with E-state index in [2.05, 4.69) is 11.5 Å². The molecule has 1 heterocycles. The average Bonchev–Trinajstić information content (AvgIpc) is 2.39. The Bertz CT molecular complexity index is 569. The van der Waals surface area contributed by atoms with Crippen LogP contribution in [0.15, 0.2) is 48.2 Å². The highest BCUT2D eigenvalue weighted by molar-refractivity contribution is 5.92. The van der Waals surface area contributed by atoms with Crippen LogP contribution >= 0.6 is 0 Å². The number of hydrogen-bond acceptors (Lipinski definition) is 4. The third-order valence-corrected chi connectivity index (χ3v) is 2.48. The number of carbonyl (C=O) groups excluding carboxylic acids is 1. The first kappa shape index (κ1) is 11.7. The molecule has 1 aliphatic rings. The van der Waals surface area contributed by atoms with Gasteiger partial charge < -0.3 is 5.73 Å². The molecule has 90 valence electrons. The van der Waals surface area contributed by atoms with E-state index in [1.165, 1.54) is 0 Å². The Balaban J connectivity index is 2.07. The normalized spacial score (nSPS) is 13.7. The highest BCUT2D eigenvalue weighted by Crippen LogP contribution is 2.13. The zero-order chi connectivity index (χ0) is 13.0. The van der Waals surface area contributed by atoms with Gasteiger partial charge in [0.2, 0.25) is 5.91 Å². The number of anilines is 1. The molecular weight excluding hydrogens is 228 g/mol. The molecule has 0 saturated heterocycles. The van der Waals surface area contributed by atoms with Crippen LogP contribution in [0, 0.1) is 11.3 Å². The minimum absolute atomic E-state index is 0.391. The molecule has 0 unspecified atom stereocenters. The lowest BCUT2D eigenvalue weighted by atomic mass is 10.2. The van der Waals surface area contributed by atoms with E-state index < -0.39 is 5.91 Å². The van der Waals surface area contributed by atoms with Crippen molar-refractivity contribution < 1.29 is 4.79 Å². The molecule has 0 radical (unpaired) electrons. The van der Waals surface area contributed by atoms with Crippen LogP contribution in [0.1, 0.15) is 5.56 Å². The van der Waals surface area contributed by atoms with Crippen LogP contribution < -0.4 is 11.2 Å². The summed E-state index contributed by atoms with van der Waals surface area (Å²) in [4.78, 5) is 11.1. The van der Waals surface area contributed by atoms with Gasteiger partial charge in [0.05, 0.1) is 23.9 Å². The van der Waals surface area contributed by atoms with E-state index in [1.54, 1.807) is 41.6 Å². The zero-order valence-electron chi connectivity index (χ0n) is 9.63. The van der Waals surface area contributed by atoms with Crippen molar-refractivity contribution in [2.24, 2.45) is 5.73 Å². The average molecular weight is 240 g/mol. The molecule has 18 heavy (non-hydrogen) atoms. The molecule has 0 saturated carbocycles. The molecule has 0 bridgehead atoms. The van der Waals surface area contributed by atoms with E-state index in [0.29, 0.717) is 17.7 Å². The van der Waals surface area contributed by atoms with Crippen molar-refractivity contribution in [3.63, 3.8) is 0 Å². The predicted molar refractivity (Wildman–Crippen MR) is 67.9 cm³/mol. The summed E-state index contributed by atoms with van der Waals surface area (Å²) in [5, 5.41) is 10.5. The largest absolute Gasteiger partial charge is 0.366 e. The van der Waals surface area contributed by atoms with Gasteiger partial charge in [-0.2, -0.15) is 5.26 Å². The highest BCUT2D eigenvalue weighted by atomic mass is 16.1. The van der Waals surface area contributed by atoms with Crippen molar-refractivity contribution in [2.75, 3.05) is 12.0 Å². The Morgan fingerprint density at radius 2 is 2.33 bits per heavy atom. The molecule has 1 aromatic carbocycles. The summed E-state index contributed by atoms with van der Waals surface area (Å²) >= 11 is 0. The Hall–Kier alpha value is -2.74. The molecule has 1 aliphatic heterocycles. The fourth-order valence-electron chi connectivity index (χ4n) is 1.61. The second kappa shape index (κ2) is 5.06. The summed E-state index contributed by atoms with van der Waals surface area (Å²) in [6.07, 6.45) is 5.22. The van der Waals surface area contributed by atoms with Gasteiger partial charge in [-0.15, -0.1) is 0 Å². The molecule has 3 N–H and O–H groups in total. The Morgan fingerprint density at radius 1 is 1.50 bits per heavy atom. The number of primary amides is 1. The minimum atomic E-state index is -0.433. The number of amides is 1. The Morgan fingerprint density at radius 3 is 3.06 bits per heavy atom. The summed E-state index contributed by atoms with van der Waals surface area (Å²) in [6, 6.07) is 9.17. The number of benzene rings is 1. The van der Waals surface area contributed by atoms with Gasteiger partial charge >= 0.3 is 0 Å². The Kier molecular flexibility index (Phi) is 3.30. The maximum absolute atomic E-state index is 11.1. The van der Waals surface area contributed by atoms with E-state index in [0.717, 1.165) is 5.69 Å². The molecule has 0 atom stereocenters. The van der Waals surface area contributed by atoms with E-state index >= 15 is 0 Å². The first-order valence-electron chi connectivity index (χ1n) is 5.39. The number of carbonyl (C=O) groups is 1. The third kappa shape index (κ3) is 2.68. The van der Waals surface area contributed by atoms with E-state index in [-0.39, 0.29) is 0 Å². The lowest BCUT2D eigenvalue weighted by Crippen LogP contribution is -2.32. The van der Waals surface area contributed by atoms with Crippen molar-refractivity contribution in [1.82, 2.24) is 5.01 Å². The fraction of sp³-hybridized carbons (Fsp3) is 0.0769. The molecule has 5 heteroatoms. The smallest absolute Gasteiger partial charge is 0.246 e. The number of rotatable bonds is 3. The van der Waals surface area contributed by atoms with Crippen molar-refractivity contribution in [1.29, 1.82) is 5.26 Å². The van der Waals surface area contributed by atoms with Crippen LogP contribution in [-0.2, 0) is 4.79 Å². The Labute approximate surface area is 105 Å².